The molecule has 1 aliphatic heterocycles. The number of aromatic carboxylic acids is 1. The van der Waals surface area contributed by atoms with E-state index in [4.69, 9.17) is 9.84 Å². The molecule has 1 aromatic rings. The summed E-state index contributed by atoms with van der Waals surface area (Å²) in [6.07, 6.45) is 1.05. The van der Waals surface area contributed by atoms with Gasteiger partial charge in [-0.25, -0.2) is 4.79 Å². The van der Waals surface area contributed by atoms with Crippen LogP contribution in [0.3, 0.4) is 0 Å². The molecule has 5 heteroatoms. The molecule has 0 saturated carbocycles. The molecular weight excluding hydrogens is 226 g/mol. The van der Waals surface area contributed by atoms with Crippen molar-refractivity contribution in [1.29, 1.82) is 0 Å². The van der Waals surface area contributed by atoms with E-state index in [1.807, 2.05) is 6.07 Å². The van der Waals surface area contributed by atoms with E-state index in [-0.39, 0.29) is 0 Å². The minimum Gasteiger partial charge on any atom is -0.477 e. The quantitative estimate of drug-likeness (QED) is 0.874. The Morgan fingerprint density at radius 2 is 2.31 bits per heavy atom. The Hall–Kier alpha value is -0.910. The Kier molecular flexibility index (Phi) is 3.93. The van der Waals surface area contributed by atoms with Crippen LogP contribution in [0.4, 0.5) is 0 Å². The molecule has 0 aromatic carbocycles. The van der Waals surface area contributed by atoms with E-state index >= 15 is 0 Å². The summed E-state index contributed by atoms with van der Waals surface area (Å²) < 4.78 is 5.37. The standard InChI is InChI=1S/C11H15NO3S/c13-11(14)10-3-2-9(16-10)8-12-4-1-6-15-7-5-12/h2-3H,1,4-8H2,(H,13,14). The number of hydrogen-bond donors (Lipinski definition) is 1. The van der Waals surface area contributed by atoms with Crippen LogP contribution >= 0.6 is 11.3 Å². The van der Waals surface area contributed by atoms with Gasteiger partial charge in [-0.05, 0) is 18.6 Å². The van der Waals surface area contributed by atoms with Crippen LogP contribution in [0.1, 0.15) is 21.0 Å². The summed E-state index contributed by atoms with van der Waals surface area (Å²) in [7, 11) is 0. The van der Waals surface area contributed by atoms with Gasteiger partial charge in [0.05, 0.1) is 6.61 Å². The van der Waals surface area contributed by atoms with Crippen LogP contribution in [0, 0.1) is 0 Å². The Bertz CT molecular complexity index is 356. The van der Waals surface area contributed by atoms with Crippen LogP contribution in [0.5, 0.6) is 0 Å². The second-order valence-corrected chi connectivity index (χ2v) is 4.98. The van der Waals surface area contributed by atoms with Gasteiger partial charge < -0.3 is 9.84 Å². The SMILES string of the molecule is O=C(O)c1ccc(CN2CCCOCC2)s1. The number of carboxylic acid groups (broad SMARTS) is 1. The monoisotopic (exact) mass is 241 g/mol. The first kappa shape index (κ1) is 11.6. The summed E-state index contributed by atoms with van der Waals surface area (Å²) in [6.45, 7) is 4.40. The lowest BCUT2D eigenvalue weighted by atomic mass is 10.3. The number of rotatable bonds is 3. The Balaban J connectivity index is 1.94. The van der Waals surface area contributed by atoms with Crippen LogP contribution in [0.15, 0.2) is 12.1 Å². The number of thiophene rings is 1. The normalized spacial score (nSPS) is 18.2. The lowest BCUT2D eigenvalue weighted by molar-refractivity contribution is 0.0702. The van der Waals surface area contributed by atoms with Gasteiger partial charge in [-0.3, -0.25) is 4.90 Å². The molecule has 2 rings (SSSR count). The Morgan fingerprint density at radius 3 is 3.06 bits per heavy atom. The highest BCUT2D eigenvalue weighted by molar-refractivity contribution is 7.13. The molecule has 88 valence electrons. The van der Waals surface area contributed by atoms with Crippen molar-refractivity contribution in [3.05, 3.63) is 21.9 Å². The molecule has 0 spiro atoms. The van der Waals surface area contributed by atoms with Crippen molar-refractivity contribution in [1.82, 2.24) is 4.90 Å². The maximum atomic E-state index is 10.7. The number of carboxylic acids is 1. The van der Waals surface area contributed by atoms with Gasteiger partial charge in [0.1, 0.15) is 4.88 Å². The summed E-state index contributed by atoms with van der Waals surface area (Å²) >= 11 is 1.36. The van der Waals surface area contributed by atoms with Gasteiger partial charge in [-0.15, -0.1) is 11.3 Å². The van der Waals surface area contributed by atoms with E-state index in [2.05, 4.69) is 4.90 Å². The minimum atomic E-state index is -0.838. The lowest BCUT2D eigenvalue weighted by Gasteiger charge is -2.17. The van der Waals surface area contributed by atoms with Crippen molar-refractivity contribution in [2.45, 2.75) is 13.0 Å². The van der Waals surface area contributed by atoms with E-state index in [1.165, 1.54) is 11.3 Å². The van der Waals surface area contributed by atoms with Crippen LogP contribution in [0.25, 0.3) is 0 Å². The Labute approximate surface area is 98.4 Å². The first-order valence-corrected chi connectivity index (χ1v) is 6.19. The molecule has 4 nitrogen and oxygen atoms in total. The van der Waals surface area contributed by atoms with E-state index in [1.54, 1.807) is 6.07 Å². The van der Waals surface area contributed by atoms with Crippen LogP contribution in [-0.2, 0) is 11.3 Å². The van der Waals surface area contributed by atoms with E-state index in [0.717, 1.165) is 44.1 Å². The van der Waals surface area contributed by atoms with E-state index in [0.29, 0.717) is 4.88 Å². The lowest BCUT2D eigenvalue weighted by Crippen LogP contribution is -2.25. The Morgan fingerprint density at radius 1 is 1.44 bits per heavy atom. The number of carbonyl (C=O) groups is 1. The second kappa shape index (κ2) is 5.43. The minimum absolute atomic E-state index is 0.418. The summed E-state index contributed by atoms with van der Waals surface area (Å²) in [4.78, 5) is 14.6. The number of hydrogen-bond acceptors (Lipinski definition) is 4. The topological polar surface area (TPSA) is 49.8 Å². The summed E-state index contributed by atoms with van der Waals surface area (Å²) in [5.41, 5.74) is 0. The maximum Gasteiger partial charge on any atom is 0.345 e. The summed E-state index contributed by atoms with van der Waals surface area (Å²) in [5.74, 6) is -0.838. The molecule has 1 aliphatic rings. The molecule has 16 heavy (non-hydrogen) atoms. The van der Waals surface area contributed by atoms with E-state index < -0.39 is 5.97 Å². The molecule has 1 aromatic heterocycles. The zero-order valence-electron chi connectivity index (χ0n) is 9.02. The highest BCUT2D eigenvalue weighted by atomic mass is 32.1. The molecule has 0 aliphatic carbocycles. The average Bonchev–Trinajstić information content (AvgIpc) is 2.56. The number of nitrogens with zero attached hydrogens (tertiary/aromatic N) is 1. The molecular formula is C11H15NO3S. The molecule has 2 heterocycles. The molecule has 0 bridgehead atoms. The van der Waals surface area contributed by atoms with Crippen LogP contribution in [-0.4, -0.2) is 42.3 Å². The largest absolute Gasteiger partial charge is 0.477 e. The first-order valence-electron chi connectivity index (χ1n) is 5.38. The third-order valence-electron chi connectivity index (χ3n) is 2.57. The molecule has 1 N–H and O–H groups in total. The number of ether oxygens (including phenoxy) is 1. The fourth-order valence-electron chi connectivity index (χ4n) is 1.75. The van der Waals surface area contributed by atoms with Crippen molar-refractivity contribution in [3.8, 4) is 0 Å². The highest BCUT2D eigenvalue weighted by Crippen LogP contribution is 2.18. The highest BCUT2D eigenvalue weighted by Gasteiger charge is 2.12. The average molecular weight is 241 g/mol. The van der Waals surface area contributed by atoms with Gasteiger partial charge in [0.25, 0.3) is 0 Å². The van der Waals surface area contributed by atoms with Gasteiger partial charge in [-0.2, -0.15) is 0 Å². The summed E-state index contributed by atoms with van der Waals surface area (Å²) in [5, 5.41) is 8.83. The third-order valence-corrected chi connectivity index (χ3v) is 3.62. The molecule has 1 saturated heterocycles. The van der Waals surface area contributed by atoms with E-state index in [9.17, 15) is 4.79 Å². The summed E-state index contributed by atoms with van der Waals surface area (Å²) in [6, 6.07) is 3.58. The second-order valence-electron chi connectivity index (χ2n) is 3.81. The van der Waals surface area contributed by atoms with Gasteiger partial charge in [-0.1, -0.05) is 0 Å². The van der Waals surface area contributed by atoms with Crippen molar-refractivity contribution >= 4 is 17.3 Å². The van der Waals surface area contributed by atoms with Crippen LogP contribution in [0.2, 0.25) is 0 Å². The fraction of sp³-hybridized carbons (Fsp3) is 0.545. The van der Waals surface area contributed by atoms with Crippen LogP contribution < -0.4 is 0 Å². The molecule has 0 amide bonds. The molecule has 0 unspecified atom stereocenters. The van der Waals surface area contributed by atoms with Gasteiger partial charge in [0, 0.05) is 31.1 Å². The molecule has 1 fully saturated rings. The smallest absolute Gasteiger partial charge is 0.345 e. The van der Waals surface area contributed by atoms with Gasteiger partial charge >= 0.3 is 5.97 Å². The molecule has 0 radical (unpaired) electrons. The maximum absolute atomic E-state index is 10.7. The van der Waals surface area contributed by atoms with Crippen molar-refractivity contribution in [2.75, 3.05) is 26.3 Å². The third kappa shape index (κ3) is 3.04. The van der Waals surface area contributed by atoms with Gasteiger partial charge in [0.15, 0.2) is 0 Å². The van der Waals surface area contributed by atoms with Crippen molar-refractivity contribution in [3.63, 3.8) is 0 Å². The predicted octanol–water partition coefficient (Wildman–Crippen LogP) is 1.67. The van der Waals surface area contributed by atoms with Crippen molar-refractivity contribution in [2.24, 2.45) is 0 Å². The molecule has 0 atom stereocenters. The van der Waals surface area contributed by atoms with Gasteiger partial charge in [0.2, 0.25) is 0 Å². The predicted molar refractivity (Wildman–Crippen MR) is 62.0 cm³/mol. The zero-order chi connectivity index (χ0) is 11.4. The zero-order valence-corrected chi connectivity index (χ0v) is 9.83. The van der Waals surface area contributed by atoms with Crippen molar-refractivity contribution < 1.29 is 14.6 Å². The first-order chi connectivity index (χ1) is 7.75. The fourth-order valence-corrected chi connectivity index (χ4v) is 2.64.